The Morgan fingerprint density at radius 1 is 1.27 bits per heavy atom. The lowest BCUT2D eigenvalue weighted by Crippen LogP contribution is -2.50. The summed E-state index contributed by atoms with van der Waals surface area (Å²) in [4.78, 5) is 11.4. The predicted molar refractivity (Wildman–Crippen MR) is 78.1 cm³/mol. The molecule has 9 heteroatoms. The molecule has 0 saturated carbocycles. The van der Waals surface area contributed by atoms with Gasteiger partial charge in [0.2, 0.25) is 0 Å². The van der Waals surface area contributed by atoms with E-state index in [1.54, 1.807) is 24.3 Å². The van der Waals surface area contributed by atoms with Crippen LogP contribution >= 0.6 is 0 Å². The Kier molecular flexibility index (Phi) is 5.86. The number of amides is 1. The molecule has 0 unspecified atom stereocenters. The molecular formula is C13H19N3O5S. The Hall–Kier alpha value is -1.52. The van der Waals surface area contributed by atoms with Crippen LogP contribution in [-0.4, -0.2) is 61.0 Å². The smallest absolute Gasteiger partial charge is 0.282 e. The van der Waals surface area contributed by atoms with Crippen LogP contribution in [0.2, 0.25) is 0 Å². The number of benzene rings is 1. The lowest BCUT2D eigenvalue weighted by Gasteiger charge is -2.31. The highest BCUT2D eigenvalue weighted by atomic mass is 32.2. The summed E-state index contributed by atoms with van der Waals surface area (Å²) in [7, 11) is -3.81. The molecule has 0 spiro atoms. The molecule has 1 saturated heterocycles. The first-order valence-corrected chi connectivity index (χ1v) is 8.23. The first-order chi connectivity index (χ1) is 10.5. The zero-order valence-corrected chi connectivity index (χ0v) is 12.8. The molecule has 0 radical (unpaired) electrons. The lowest BCUT2D eigenvalue weighted by molar-refractivity contribution is -0.129. The minimum Gasteiger partial charge on any atom is -0.379 e. The maximum Gasteiger partial charge on any atom is 0.282 e. The van der Waals surface area contributed by atoms with Crippen molar-refractivity contribution in [2.24, 2.45) is 0 Å². The van der Waals surface area contributed by atoms with E-state index in [9.17, 15) is 13.2 Å². The molecule has 8 nitrogen and oxygen atoms in total. The fourth-order valence-corrected chi connectivity index (χ4v) is 3.67. The summed E-state index contributed by atoms with van der Waals surface area (Å²) in [5.41, 5.74) is 2.22. The summed E-state index contributed by atoms with van der Waals surface area (Å²) >= 11 is 0. The molecule has 0 aromatic heterocycles. The van der Waals surface area contributed by atoms with E-state index in [4.69, 9.17) is 9.94 Å². The van der Waals surface area contributed by atoms with Crippen molar-refractivity contribution >= 4 is 16.1 Å². The van der Waals surface area contributed by atoms with E-state index in [1.807, 2.05) is 6.07 Å². The molecule has 122 valence electrons. The number of hydrogen-bond acceptors (Lipinski definition) is 5. The van der Waals surface area contributed by atoms with Crippen LogP contribution in [0.1, 0.15) is 5.56 Å². The summed E-state index contributed by atoms with van der Waals surface area (Å²) in [6, 6.07) is 8.96. The molecule has 0 atom stereocenters. The lowest BCUT2D eigenvalue weighted by atomic mass is 10.2. The van der Waals surface area contributed by atoms with Gasteiger partial charge in [-0.25, -0.2) is 5.48 Å². The normalized spacial score (nSPS) is 16.6. The average molecular weight is 329 g/mol. The standard InChI is InChI=1S/C13H19N3O5S/c17-13(14-18)11-16(10-12-4-2-1-3-5-12)22(19,20)15-6-8-21-9-7-15/h1-5,18H,6-11H2,(H,14,17). The minimum atomic E-state index is -3.81. The van der Waals surface area contributed by atoms with Gasteiger partial charge < -0.3 is 4.74 Å². The second kappa shape index (κ2) is 7.65. The van der Waals surface area contributed by atoms with E-state index >= 15 is 0 Å². The molecule has 2 rings (SSSR count). The molecular weight excluding hydrogens is 310 g/mol. The second-order valence-electron chi connectivity index (χ2n) is 4.81. The molecule has 1 fully saturated rings. The van der Waals surface area contributed by atoms with Gasteiger partial charge in [-0.05, 0) is 5.56 Å². The molecule has 2 N–H and O–H groups in total. The Balaban J connectivity index is 2.20. The van der Waals surface area contributed by atoms with Gasteiger partial charge in [0, 0.05) is 19.6 Å². The molecule has 1 aliphatic rings. The second-order valence-corrected chi connectivity index (χ2v) is 6.74. The maximum atomic E-state index is 12.7. The van der Waals surface area contributed by atoms with E-state index in [-0.39, 0.29) is 19.6 Å². The summed E-state index contributed by atoms with van der Waals surface area (Å²) in [5, 5.41) is 8.67. The number of morpholine rings is 1. The minimum absolute atomic E-state index is 0.0496. The van der Waals surface area contributed by atoms with Gasteiger partial charge >= 0.3 is 0 Å². The van der Waals surface area contributed by atoms with Crippen molar-refractivity contribution in [3.8, 4) is 0 Å². The summed E-state index contributed by atoms with van der Waals surface area (Å²) < 4.78 is 32.8. The van der Waals surface area contributed by atoms with Crippen LogP contribution in [-0.2, 0) is 26.3 Å². The van der Waals surface area contributed by atoms with Crippen LogP contribution in [0.25, 0.3) is 0 Å². The predicted octanol–water partition coefficient (Wildman–Crippen LogP) is -0.429. The third-order valence-electron chi connectivity index (χ3n) is 3.27. The number of carbonyl (C=O) groups excluding carboxylic acids is 1. The van der Waals surface area contributed by atoms with E-state index < -0.39 is 22.7 Å². The summed E-state index contributed by atoms with van der Waals surface area (Å²) in [6.45, 7) is 0.733. The average Bonchev–Trinajstić information content (AvgIpc) is 2.56. The number of rotatable bonds is 6. The Morgan fingerprint density at radius 3 is 2.50 bits per heavy atom. The monoisotopic (exact) mass is 329 g/mol. The van der Waals surface area contributed by atoms with Crippen molar-refractivity contribution in [2.45, 2.75) is 6.54 Å². The first kappa shape index (κ1) is 16.8. The Bertz CT molecular complexity index is 587. The van der Waals surface area contributed by atoms with Gasteiger partial charge in [-0.1, -0.05) is 30.3 Å². The number of nitrogens with one attached hydrogen (secondary N) is 1. The number of ether oxygens (including phenoxy) is 1. The molecule has 1 heterocycles. The molecule has 1 aromatic carbocycles. The third kappa shape index (κ3) is 4.24. The third-order valence-corrected chi connectivity index (χ3v) is 5.20. The molecule has 1 aliphatic heterocycles. The number of hydroxylamine groups is 1. The van der Waals surface area contributed by atoms with Crippen LogP contribution in [0.3, 0.4) is 0 Å². The highest BCUT2D eigenvalue weighted by molar-refractivity contribution is 7.86. The van der Waals surface area contributed by atoms with E-state index in [1.165, 1.54) is 9.79 Å². The van der Waals surface area contributed by atoms with Crippen molar-refractivity contribution in [2.75, 3.05) is 32.8 Å². The molecule has 0 bridgehead atoms. The SMILES string of the molecule is O=C(CN(Cc1ccccc1)S(=O)(=O)N1CCOCC1)NO. The van der Waals surface area contributed by atoms with Crippen LogP contribution in [0.4, 0.5) is 0 Å². The summed E-state index contributed by atoms with van der Waals surface area (Å²) in [6.07, 6.45) is 0. The van der Waals surface area contributed by atoms with E-state index in [2.05, 4.69) is 0 Å². The Morgan fingerprint density at radius 2 is 1.91 bits per heavy atom. The zero-order chi connectivity index (χ0) is 16.0. The first-order valence-electron chi connectivity index (χ1n) is 6.84. The topological polar surface area (TPSA) is 99.2 Å². The van der Waals surface area contributed by atoms with Crippen molar-refractivity contribution in [1.29, 1.82) is 0 Å². The molecule has 0 aliphatic carbocycles. The van der Waals surface area contributed by atoms with E-state index in [0.717, 1.165) is 9.87 Å². The summed E-state index contributed by atoms with van der Waals surface area (Å²) in [5.74, 6) is -0.784. The van der Waals surface area contributed by atoms with Gasteiger partial charge in [0.25, 0.3) is 16.1 Å². The van der Waals surface area contributed by atoms with Crippen LogP contribution in [0.15, 0.2) is 30.3 Å². The van der Waals surface area contributed by atoms with Gasteiger partial charge in [-0.3, -0.25) is 10.0 Å². The number of nitrogens with zero attached hydrogens (tertiary/aromatic N) is 2. The molecule has 1 amide bonds. The van der Waals surface area contributed by atoms with E-state index in [0.29, 0.717) is 13.2 Å². The van der Waals surface area contributed by atoms with Gasteiger partial charge in [0.15, 0.2) is 0 Å². The van der Waals surface area contributed by atoms with Gasteiger partial charge in [0.1, 0.15) is 0 Å². The Labute approximate surface area is 129 Å². The quantitative estimate of drug-likeness (QED) is 0.545. The number of carbonyl (C=O) groups is 1. The van der Waals surface area contributed by atoms with Crippen molar-refractivity contribution in [1.82, 2.24) is 14.1 Å². The highest BCUT2D eigenvalue weighted by Gasteiger charge is 2.32. The van der Waals surface area contributed by atoms with Gasteiger partial charge in [-0.2, -0.15) is 17.0 Å². The van der Waals surface area contributed by atoms with Crippen molar-refractivity contribution < 1.29 is 23.2 Å². The van der Waals surface area contributed by atoms with Crippen LogP contribution in [0.5, 0.6) is 0 Å². The van der Waals surface area contributed by atoms with Gasteiger partial charge in [-0.15, -0.1) is 0 Å². The highest BCUT2D eigenvalue weighted by Crippen LogP contribution is 2.14. The molecule has 22 heavy (non-hydrogen) atoms. The number of hydrogen-bond donors (Lipinski definition) is 2. The fraction of sp³-hybridized carbons (Fsp3) is 0.462. The van der Waals surface area contributed by atoms with Crippen LogP contribution < -0.4 is 5.48 Å². The maximum absolute atomic E-state index is 12.7. The van der Waals surface area contributed by atoms with Crippen molar-refractivity contribution in [3.05, 3.63) is 35.9 Å². The van der Waals surface area contributed by atoms with Crippen molar-refractivity contribution in [3.63, 3.8) is 0 Å². The molecule has 1 aromatic rings. The van der Waals surface area contributed by atoms with Gasteiger partial charge in [0.05, 0.1) is 19.8 Å². The fourth-order valence-electron chi connectivity index (χ4n) is 2.14. The van der Waals surface area contributed by atoms with Crippen LogP contribution in [0, 0.1) is 0 Å². The zero-order valence-electron chi connectivity index (χ0n) is 12.0. The largest absolute Gasteiger partial charge is 0.379 e.